The molecule has 0 aliphatic carbocycles. The number of hydrogen-bond acceptors (Lipinski definition) is 6. The number of carboxylic acids is 2. The molecule has 0 bridgehead atoms. The van der Waals surface area contributed by atoms with Crippen molar-refractivity contribution in [3.63, 3.8) is 0 Å². The predicted octanol–water partition coefficient (Wildman–Crippen LogP) is 0.0600. The lowest BCUT2D eigenvalue weighted by Gasteiger charge is -2.19. The number of aliphatic carboxylic acids is 2. The first-order valence-electron chi connectivity index (χ1n) is 5.09. The number of hydrazine groups is 1. The van der Waals surface area contributed by atoms with Crippen LogP contribution in [0.15, 0.2) is 0 Å². The van der Waals surface area contributed by atoms with Gasteiger partial charge in [-0.2, -0.15) is 24.4 Å². The number of thiol groups is 1. The van der Waals surface area contributed by atoms with Crippen molar-refractivity contribution in [3.05, 3.63) is 0 Å². The van der Waals surface area contributed by atoms with Crippen molar-refractivity contribution in [2.24, 2.45) is 0 Å². The molecule has 2 atom stereocenters. The van der Waals surface area contributed by atoms with Gasteiger partial charge in [0.25, 0.3) is 0 Å². The summed E-state index contributed by atoms with van der Waals surface area (Å²) in [5.41, 5.74) is 5.06. The van der Waals surface area contributed by atoms with Crippen molar-refractivity contribution in [2.45, 2.75) is 24.9 Å². The lowest BCUT2D eigenvalue weighted by molar-refractivity contribution is -0.143. The van der Waals surface area contributed by atoms with Crippen LogP contribution in [0.25, 0.3) is 0 Å². The van der Waals surface area contributed by atoms with Gasteiger partial charge in [0, 0.05) is 0 Å². The lowest BCUT2D eigenvalue weighted by atomic mass is 10.2. The Hall–Kier alpha value is -0.440. The fourth-order valence-electron chi connectivity index (χ4n) is 1.08. The first kappa shape index (κ1) is 16.6. The van der Waals surface area contributed by atoms with Gasteiger partial charge in [-0.05, 0) is 30.6 Å². The van der Waals surface area contributed by atoms with Gasteiger partial charge in [0.05, 0.1) is 0 Å². The van der Waals surface area contributed by atoms with E-state index in [1.165, 1.54) is 11.8 Å². The van der Waals surface area contributed by atoms with Crippen LogP contribution in [0, 0.1) is 0 Å². The van der Waals surface area contributed by atoms with Crippen LogP contribution in [0.1, 0.15) is 12.8 Å². The third-order valence-electron chi connectivity index (χ3n) is 2.06. The highest BCUT2D eigenvalue weighted by Gasteiger charge is 2.21. The summed E-state index contributed by atoms with van der Waals surface area (Å²) in [4.78, 5) is 21.7. The number of rotatable bonds is 10. The van der Waals surface area contributed by atoms with E-state index in [0.29, 0.717) is 24.3 Å². The molecule has 0 aliphatic rings. The highest BCUT2D eigenvalue weighted by molar-refractivity contribution is 7.98. The zero-order valence-electron chi connectivity index (χ0n) is 9.55. The average molecular weight is 282 g/mol. The molecule has 100 valence electrons. The van der Waals surface area contributed by atoms with Crippen LogP contribution in [0.2, 0.25) is 0 Å². The summed E-state index contributed by atoms with van der Waals surface area (Å²) >= 11 is 5.48. The molecule has 0 aromatic carbocycles. The molecule has 0 heterocycles. The summed E-state index contributed by atoms with van der Waals surface area (Å²) in [5, 5.41) is 17.8. The molecule has 0 unspecified atom stereocenters. The van der Waals surface area contributed by atoms with E-state index in [4.69, 9.17) is 10.2 Å². The minimum absolute atomic E-state index is 0.320. The molecule has 0 saturated heterocycles. The summed E-state index contributed by atoms with van der Waals surface area (Å²) in [6.45, 7) is 0. The van der Waals surface area contributed by atoms with E-state index in [2.05, 4.69) is 23.5 Å². The normalized spacial score (nSPS) is 14.2. The summed E-state index contributed by atoms with van der Waals surface area (Å²) in [6, 6.07) is -1.62. The van der Waals surface area contributed by atoms with Crippen LogP contribution in [0.3, 0.4) is 0 Å². The topological polar surface area (TPSA) is 98.7 Å². The van der Waals surface area contributed by atoms with E-state index in [1.807, 2.05) is 6.26 Å². The highest BCUT2D eigenvalue weighted by Crippen LogP contribution is 2.01. The molecule has 17 heavy (non-hydrogen) atoms. The van der Waals surface area contributed by atoms with E-state index in [-0.39, 0.29) is 0 Å². The summed E-state index contributed by atoms with van der Waals surface area (Å²) in [7, 11) is 0. The van der Waals surface area contributed by atoms with Gasteiger partial charge in [0.15, 0.2) is 0 Å². The van der Waals surface area contributed by atoms with Crippen molar-refractivity contribution in [1.29, 1.82) is 0 Å². The van der Waals surface area contributed by atoms with Crippen molar-refractivity contribution >= 4 is 36.3 Å². The standard InChI is InChI=1S/C9H18N2O4S2/c1-17-5-3-7(9(14)15)11-10-6(2-4-16)8(12)13/h6-7,10-11,16H,2-5H2,1H3,(H,12,13)(H,14,15)/t6-,7-/m0/s1. The molecular formula is C9H18N2O4S2. The van der Waals surface area contributed by atoms with E-state index >= 15 is 0 Å². The molecule has 0 spiro atoms. The third kappa shape index (κ3) is 7.48. The molecule has 0 aliphatic heterocycles. The van der Waals surface area contributed by atoms with Crippen LogP contribution in [-0.2, 0) is 9.59 Å². The Morgan fingerprint density at radius 1 is 1.18 bits per heavy atom. The molecule has 6 nitrogen and oxygen atoms in total. The second kappa shape index (κ2) is 9.58. The maximum absolute atomic E-state index is 10.9. The second-order valence-electron chi connectivity index (χ2n) is 3.36. The molecule has 4 N–H and O–H groups in total. The van der Waals surface area contributed by atoms with Crippen molar-refractivity contribution in [1.82, 2.24) is 10.9 Å². The monoisotopic (exact) mass is 282 g/mol. The van der Waals surface area contributed by atoms with E-state index in [0.717, 1.165) is 0 Å². The van der Waals surface area contributed by atoms with Crippen molar-refractivity contribution in [3.8, 4) is 0 Å². The van der Waals surface area contributed by atoms with Gasteiger partial charge in [-0.25, -0.2) is 10.9 Å². The molecular weight excluding hydrogens is 264 g/mol. The van der Waals surface area contributed by atoms with Crippen LogP contribution >= 0.6 is 24.4 Å². The number of hydrogen-bond donors (Lipinski definition) is 5. The fourth-order valence-corrected chi connectivity index (χ4v) is 1.81. The minimum atomic E-state index is -1.03. The number of carbonyl (C=O) groups is 2. The first-order chi connectivity index (χ1) is 8.02. The van der Waals surface area contributed by atoms with Crippen molar-refractivity contribution in [2.75, 3.05) is 17.8 Å². The molecule has 0 aromatic heterocycles. The fraction of sp³-hybridized carbons (Fsp3) is 0.778. The molecule has 0 saturated carbocycles. The SMILES string of the molecule is CSCC[C@H](NN[C@@H](CCS)C(=O)O)C(=O)O. The Morgan fingerprint density at radius 2 is 1.65 bits per heavy atom. The summed E-state index contributed by atoms with van der Waals surface area (Å²) in [5.74, 6) is -0.924. The van der Waals surface area contributed by atoms with E-state index in [1.54, 1.807) is 0 Å². The van der Waals surface area contributed by atoms with Crippen LogP contribution in [-0.4, -0.2) is 52.0 Å². The average Bonchev–Trinajstić information content (AvgIpc) is 2.26. The molecule has 8 heteroatoms. The van der Waals surface area contributed by atoms with E-state index < -0.39 is 24.0 Å². The van der Waals surface area contributed by atoms with Gasteiger partial charge < -0.3 is 10.2 Å². The van der Waals surface area contributed by atoms with Crippen molar-refractivity contribution < 1.29 is 19.8 Å². The highest BCUT2D eigenvalue weighted by atomic mass is 32.2. The largest absolute Gasteiger partial charge is 0.480 e. The van der Waals surface area contributed by atoms with E-state index in [9.17, 15) is 9.59 Å². The third-order valence-corrected chi connectivity index (χ3v) is 2.96. The summed E-state index contributed by atoms with van der Waals surface area (Å²) < 4.78 is 0. The Morgan fingerprint density at radius 3 is 2.00 bits per heavy atom. The number of carboxylic acid groups (broad SMARTS) is 2. The lowest BCUT2D eigenvalue weighted by Crippen LogP contribution is -2.52. The molecule has 0 amide bonds. The van der Waals surface area contributed by atoms with Gasteiger partial charge in [-0.1, -0.05) is 0 Å². The molecule has 0 radical (unpaired) electrons. The zero-order valence-corrected chi connectivity index (χ0v) is 11.3. The van der Waals surface area contributed by atoms with Gasteiger partial charge in [0.1, 0.15) is 12.1 Å². The van der Waals surface area contributed by atoms with Gasteiger partial charge >= 0.3 is 11.9 Å². The Kier molecular flexibility index (Phi) is 9.33. The van der Waals surface area contributed by atoms with Crippen LogP contribution in [0.5, 0.6) is 0 Å². The Balaban J connectivity index is 4.16. The minimum Gasteiger partial charge on any atom is -0.480 e. The maximum Gasteiger partial charge on any atom is 0.322 e. The second-order valence-corrected chi connectivity index (χ2v) is 4.80. The van der Waals surface area contributed by atoms with Gasteiger partial charge in [-0.15, -0.1) is 0 Å². The quantitative estimate of drug-likeness (QED) is 0.285. The molecule has 0 rings (SSSR count). The Bertz CT molecular complexity index is 253. The first-order valence-corrected chi connectivity index (χ1v) is 7.12. The maximum atomic E-state index is 10.9. The molecule has 0 aromatic rings. The molecule has 0 fully saturated rings. The Labute approximate surface area is 110 Å². The van der Waals surface area contributed by atoms with Gasteiger partial charge in [-0.3, -0.25) is 9.59 Å². The van der Waals surface area contributed by atoms with Crippen LogP contribution in [0.4, 0.5) is 0 Å². The number of thioether (sulfide) groups is 1. The number of nitrogens with one attached hydrogen (secondary N) is 2. The zero-order chi connectivity index (χ0) is 13.3. The smallest absolute Gasteiger partial charge is 0.322 e. The van der Waals surface area contributed by atoms with Gasteiger partial charge in [0.2, 0.25) is 0 Å². The summed E-state index contributed by atoms with van der Waals surface area (Å²) in [6.07, 6.45) is 2.63. The van der Waals surface area contributed by atoms with Crippen LogP contribution < -0.4 is 10.9 Å². The predicted molar refractivity (Wildman–Crippen MR) is 70.6 cm³/mol.